The van der Waals surface area contributed by atoms with E-state index in [-0.39, 0.29) is 12.6 Å². The maximum atomic E-state index is 11.8. The van der Waals surface area contributed by atoms with Crippen LogP contribution in [0.3, 0.4) is 0 Å². The van der Waals surface area contributed by atoms with Crippen LogP contribution in [0.5, 0.6) is 0 Å². The van der Waals surface area contributed by atoms with Gasteiger partial charge in [0.1, 0.15) is 0 Å². The third-order valence-electron chi connectivity index (χ3n) is 2.72. The lowest BCUT2D eigenvalue weighted by molar-refractivity contribution is -0.141. The minimum absolute atomic E-state index is 0.172. The number of rotatable bonds is 9. The molecule has 18 heavy (non-hydrogen) atoms. The summed E-state index contributed by atoms with van der Waals surface area (Å²) in [7, 11) is 1.58. The Hall–Kier alpha value is -1.30. The number of methoxy groups -OCH3 is 1. The summed E-state index contributed by atoms with van der Waals surface area (Å²) in [4.78, 5) is 24.3. The quantitative estimate of drug-likeness (QED) is 0.652. The van der Waals surface area contributed by atoms with Gasteiger partial charge in [-0.1, -0.05) is 13.3 Å². The molecule has 0 aliphatic rings. The number of hydrogen-bond donors (Lipinski definition) is 2. The number of hydrogen-bond acceptors (Lipinski definition) is 3. The summed E-state index contributed by atoms with van der Waals surface area (Å²) in [6, 6.07) is -0.239. The fourth-order valence-corrected chi connectivity index (χ4v) is 1.59. The zero-order valence-electron chi connectivity index (χ0n) is 11.4. The van der Waals surface area contributed by atoms with Crippen LogP contribution in [0.25, 0.3) is 0 Å². The molecule has 0 aliphatic heterocycles. The Labute approximate surface area is 108 Å². The Morgan fingerprint density at radius 1 is 1.39 bits per heavy atom. The van der Waals surface area contributed by atoms with Gasteiger partial charge in [-0.2, -0.15) is 0 Å². The van der Waals surface area contributed by atoms with Crippen LogP contribution in [0.4, 0.5) is 4.79 Å². The number of nitrogens with zero attached hydrogens (tertiary/aromatic N) is 1. The van der Waals surface area contributed by atoms with E-state index in [4.69, 9.17) is 9.84 Å². The Bertz CT molecular complexity index is 258. The molecule has 0 saturated carbocycles. The number of ether oxygens (including phenoxy) is 1. The third kappa shape index (κ3) is 6.44. The van der Waals surface area contributed by atoms with Gasteiger partial charge in [0.25, 0.3) is 0 Å². The molecule has 0 saturated heterocycles. The lowest BCUT2D eigenvalue weighted by atomic mass is 10.0. The number of carbonyl (C=O) groups excluding carboxylic acids is 1. The summed E-state index contributed by atoms with van der Waals surface area (Å²) >= 11 is 0. The van der Waals surface area contributed by atoms with E-state index in [1.165, 1.54) is 0 Å². The van der Waals surface area contributed by atoms with E-state index in [1.54, 1.807) is 12.0 Å². The molecular weight excluding hydrogens is 236 g/mol. The van der Waals surface area contributed by atoms with Crippen LogP contribution in [0, 0.1) is 5.92 Å². The summed E-state index contributed by atoms with van der Waals surface area (Å²) in [5.41, 5.74) is 0. The van der Waals surface area contributed by atoms with E-state index < -0.39 is 11.9 Å². The number of nitrogens with one attached hydrogen (secondary N) is 1. The van der Waals surface area contributed by atoms with Crippen molar-refractivity contribution >= 4 is 12.0 Å². The minimum atomic E-state index is -0.864. The number of likely N-dealkylation sites (N-methyl/N-ethyl adjacent to an activating group) is 1. The van der Waals surface area contributed by atoms with Crippen molar-refractivity contribution in [3.05, 3.63) is 0 Å². The summed E-state index contributed by atoms with van der Waals surface area (Å²) < 4.78 is 4.91. The van der Waals surface area contributed by atoms with Crippen molar-refractivity contribution in [3.8, 4) is 0 Å². The Balaban J connectivity index is 4.15. The van der Waals surface area contributed by atoms with Crippen molar-refractivity contribution in [3.63, 3.8) is 0 Å². The third-order valence-corrected chi connectivity index (χ3v) is 2.72. The molecule has 106 valence electrons. The molecule has 2 amide bonds. The second-order valence-corrected chi connectivity index (χ2v) is 4.08. The highest BCUT2D eigenvalue weighted by Crippen LogP contribution is 2.05. The molecule has 0 aromatic heterocycles. The van der Waals surface area contributed by atoms with Gasteiger partial charge in [-0.05, 0) is 13.3 Å². The van der Waals surface area contributed by atoms with Gasteiger partial charge < -0.3 is 20.1 Å². The minimum Gasteiger partial charge on any atom is -0.481 e. The maximum Gasteiger partial charge on any atom is 0.317 e. The Morgan fingerprint density at radius 2 is 2.06 bits per heavy atom. The predicted octanol–water partition coefficient (Wildman–Crippen LogP) is 1.17. The largest absolute Gasteiger partial charge is 0.481 e. The Kier molecular flexibility index (Phi) is 9.00. The van der Waals surface area contributed by atoms with Crippen LogP contribution in [0.1, 0.15) is 26.7 Å². The van der Waals surface area contributed by atoms with E-state index >= 15 is 0 Å². The second-order valence-electron chi connectivity index (χ2n) is 4.08. The average molecular weight is 260 g/mol. The monoisotopic (exact) mass is 260 g/mol. The zero-order chi connectivity index (χ0) is 14.0. The number of urea groups is 1. The number of carboxylic acid groups (broad SMARTS) is 1. The van der Waals surface area contributed by atoms with Gasteiger partial charge in [0, 0.05) is 26.7 Å². The molecule has 0 fully saturated rings. The van der Waals surface area contributed by atoms with Gasteiger partial charge in [-0.25, -0.2) is 4.79 Å². The summed E-state index contributed by atoms with van der Waals surface area (Å²) in [6.07, 6.45) is 1.35. The highest BCUT2D eigenvalue weighted by atomic mass is 16.5. The smallest absolute Gasteiger partial charge is 0.317 e. The lowest BCUT2D eigenvalue weighted by Gasteiger charge is -2.22. The van der Waals surface area contributed by atoms with Crippen LogP contribution in [0.2, 0.25) is 0 Å². The van der Waals surface area contributed by atoms with Crippen LogP contribution in [-0.4, -0.2) is 55.4 Å². The molecule has 6 heteroatoms. The lowest BCUT2D eigenvalue weighted by Crippen LogP contribution is -2.44. The van der Waals surface area contributed by atoms with Gasteiger partial charge >= 0.3 is 12.0 Å². The number of amides is 2. The van der Waals surface area contributed by atoms with Gasteiger partial charge in [0.2, 0.25) is 0 Å². The molecule has 0 aromatic carbocycles. The van der Waals surface area contributed by atoms with Crippen molar-refractivity contribution < 1.29 is 19.4 Å². The number of aliphatic carboxylic acids is 1. The normalized spacial score (nSPS) is 11.9. The molecule has 2 N–H and O–H groups in total. The van der Waals surface area contributed by atoms with Crippen molar-refractivity contribution in [2.45, 2.75) is 26.7 Å². The highest BCUT2D eigenvalue weighted by Gasteiger charge is 2.18. The van der Waals surface area contributed by atoms with E-state index in [0.717, 1.165) is 6.42 Å². The molecular formula is C12H24N2O4. The van der Waals surface area contributed by atoms with Crippen molar-refractivity contribution in [1.82, 2.24) is 10.2 Å². The van der Waals surface area contributed by atoms with Crippen molar-refractivity contribution in [2.24, 2.45) is 5.92 Å². The van der Waals surface area contributed by atoms with Gasteiger partial charge in [0.05, 0.1) is 12.5 Å². The zero-order valence-corrected chi connectivity index (χ0v) is 11.4. The van der Waals surface area contributed by atoms with Crippen LogP contribution >= 0.6 is 0 Å². The Morgan fingerprint density at radius 3 is 2.50 bits per heavy atom. The maximum absolute atomic E-state index is 11.8. The first-order chi connectivity index (χ1) is 8.56. The molecule has 1 unspecified atom stereocenters. The van der Waals surface area contributed by atoms with Gasteiger partial charge in [0.15, 0.2) is 0 Å². The summed E-state index contributed by atoms with van der Waals surface area (Å²) in [5, 5.41) is 11.6. The summed E-state index contributed by atoms with van der Waals surface area (Å²) in [6.45, 7) is 5.51. The first kappa shape index (κ1) is 16.7. The number of carboxylic acids is 1. The first-order valence-corrected chi connectivity index (χ1v) is 6.31. The van der Waals surface area contributed by atoms with Crippen molar-refractivity contribution in [1.29, 1.82) is 0 Å². The molecule has 0 radical (unpaired) electrons. The average Bonchev–Trinajstić information content (AvgIpc) is 2.34. The fraction of sp³-hybridized carbons (Fsp3) is 0.833. The molecule has 6 nitrogen and oxygen atoms in total. The molecule has 0 bridgehead atoms. The second kappa shape index (κ2) is 9.70. The van der Waals surface area contributed by atoms with E-state index in [9.17, 15) is 9.59 Å². The SMILES string of the molecule is CCCC(CNC(=O)N(CC)CCOC)C(=O)O. The van der Waals surface area contributed by atoms with Crippen LogP contribution in [-0.2, 0) is 9.53 Å². The first-order valence-electron chi connectivity index (χ1n) is 6.31. The molecule has 0 aliphatic carbocycles. The van der Waals surface area contributed by atoms with Crippen LogP contribution in [0.15, 0.2) is 0 Å². The summed E-state index contributed by atoms with van der Waals surface area (Å²) in [5.74, 6) is -1.38. The van der Waals surface area contributed by atoms with Crippen molar-refractivity contribution in [2.75, 3.05) is 33.4 Å². The molecule has 0 spiro atoms. The molecule has 0 rings (SSSR count). The van der Waals surface area contributed by atoms with Crippen LogP contribution < -0.4 is 5.32 Å². The highest BCUT2D eigenvalue weighted by molar-refractivity contribution is 5.76. The molecule has 0 aromatic rings. The van der Waals surface area contributed by atoms with E-state index in [0.29, 0.717) is 26.1 Å². The molecule has 1 atom stereocenters. The van der Waals surface area contributed by atoms with Gasteiger partial charge in [-0.3, -0.25) is 4.79 Å². The van der Waals surface area contributed by atoms with Gasteiger partial charge in [-0.15, -0.1) is 0 Å². The predicted molar refractivity (Wildman–Crippen MR) is 68.6 cm³/mol. The standard InChI is InChI=1S/C12H24N2O4/c1-4-6-10(11(15)16)9-13-12(17)14(5-2)7-8-18-3/h10H,4-9H2,1-3H3,(H,13,17)(H,15,16). The van der Waals surface area contributed by atoms with E-state index in [2.05, 4.69) is 5.32 Å². The van der Waals surface area contributed by atoms with E-state index in [1.807, 2.05) is 13.8 Å². The fourth-order valence-electron chi connectivity index (χ4n) is 1.59. The number of carbonyl (C=O) groups is 2. The topological polar surface area (TPSA) is 78.9 Å². The molecule has 0 heterocycles.